The Bertz CT molecular complexity index is 1150. The summed E-state index contributed by atoms with van der Waals surface area (Å²) in [6, 6.07) is 29.1. The number of anilines is 2. The summed E-state index contributed by atoms with van der Waals surface area (Å²) in [5.41, 5.74) is 17.0. The lowest BCUT2D eigenvalue weighted by Gasteiger charge is -2.11. The van der Waals surface area contributed by atoms with E-state index < -0.39 is 0 Å². The average Bonchev–Trinajstić information content (AvgIpc) is 2.82. The summed E-state index contributed by atoms with van der Waals surface area (Å²) in [6.45, 7) is 0. The van der Waals surface area contributed by atoms with Gasteiger partial charge in [0.05, 0.1) is 0 Å². The molecule has 4 aromatic rings. The molecule has 4 heteroatoms. The standard InChI is InChI=1S/C27H22N2O2/c28-24-13-11-18(16-22(24)26(30)20-7-3-1-4-8-20)15-19-12-14-25(29)23(17-19)27(31)21-9-5-2-6-10-21/h1-14,16-17H,15,28-29H2. The van der Waals surface area contributed by atoms with E-state index in [1.54, 1.807) is 36.4 Å². The van der Waals surface area contributed by atoms with Gasteiger partial charge in [-0.1, -0.05) is 72.8 Å². The molecule has 4 nitrogen and oxygen atoms in total. The van der Waals surface area contributed by atoms with E-state index >= 15 is 0 Å². The van der Waals surface area contributed by atoms with E-state index in [1.807, 2.05) is 60.7 Å². The molecular formula is C27H22N2O2. The second kappa shape index (κ2) is 8.67. The van der Waals surface area contributed by atoms with Crippen LogP contribution in [-0.4, -0.2) is 11.6 Å². The fourth-order valence-corrected chi connectivity index (χ4v) is 3.55. The molecule has 0 aliphatic carbocycles. The Hall–Kier alpha value is -4.18. The topological polar surface area (TPSA) is 86.2 Å². The molecule has 0 radical (unpaired) electrons. The van der Waals surface area contributed by atoms with Gasteiger partial charge in [0.15, 0.2) is 11.6 Å². The third-order valence-electron chi connectivity index (χ3n) is 5.20. The van der Waals surface area contributed by atoms with Gasteiger partial charge in [-0.05, 0) is 41.8 Å². The Morgan fingerprint density at radius 1 is 0.548 bits per heavy atom. The van der Waals surface area contributed by atoms with Crippen molar-refractivity contribution >= 4 is 22.9 Å². The monoisotopic (exact) mass is 406 g/mol. The number of hydrogen-bond acceptors (Lipinski definition) is 4. The van der Waals surface area contributed by atoms with Gasteiger partial charge in [0.2, 0.25) is 0 Å². The highest BCUT2D eigenvalue weighted by Gasteiger charge is 2.15. The first kappa shape index (κ1) is 20.1. The third kappa shape index (κ3) is 4.38. The summed E-state index contributed by atoms with van der Waals surface area (Å²) in [5.74, 6) is -0.227. The minimum absolute atomic E-state index is 0.114. The van der Waals surface area contributed by atoms with Gasteiger partial charge in [-0.2, -0.15) is 0 Å². The summed E-state index contributed by atoms with van der Waals surface area (Å²) in [6.07, 6.45) is 0.546. The molecule has 0 aromatic heterocycles. The first-order valence-corrected chi connectivity index (χ1v) is 9.99. The number of rotatable bonds is 6. The minimum Gasteiger partial charge on any atom is -0.398 e. The number of ketones is 2. The Morgan fingerprint density at radius 2 is 0.935 bits per heavy atom. The highest BCUT2D eigenvalue weighted by Crippen LogP contribution is 2.23. The van der Waals surface area contributed by atoms with Gasteiger partial charge in [-0.25, -0.2) is 0 Å². The first-order chi connectivity index (χ1) is 15.0. The third-order valence-corrected chi connectivity index (χ3v) is 5.20. The van der Waals surface area contributed by atoms with Crippen LogP contribution in [-0.2, 0) is 6.42 Å². The van der Waals surface area contributed by atoms with Gasteiger partial charge in [-0.15, -0.1) is 0 Å². The molecule has 0 atom stereocenters. The number of carbonyl (C=O) groups is 2. The molecular weight excluding hydrogens is 384 g/mol. The summed E-state index contributed by atoms with van der Waals surface area (Å²) in [7, 11) is 0. The zero-order valence-electron chi connectivity index (χ0n) is 16.9. The number of hydrogen-bond donors (Lipinski definition) is 2. The van der Waals surface area contributed by atoms with Crippen molar-refractivity contribution in [3.8, 4) is 0 Å². The summed E-state index contributed by atoms with van der Waals surface area (Å²) in [4.78, 5) is 25.8. The molecule has 0 aliphatic rings. The van der Waals surface area contributed by atoms with Crippen LogP contribution in [0, 0.1) is 0 Å². The maximum absolute atomic E-state index is 12.9. The van der Waals surface area contributed by atoms with Crippen molar-refractivity contribution in [2.24, 2.45) is 0 Å². The van der Waals surface area contributed by atoms with Gasteiger partial charge in [0, 0.05) is 33.6 Å². The van der Waals surface area contributed by atoms with Crippen LogP contribution in [0.3, 0.4) is 0 Å². The maximum Gasteiger partial charge on any atom is 0.195 e. The molecule has 0 saturated heterocycles. The number of nitrogens with two attached hydrogens (primary N) is 2. The van der Waals surface area contributed by atoms with Gasteiger partial charge in [-0.3, -0.25) is 9.59 Å². The molecule has 0 unspecified atom stereocenters. The van der Waals surface area contributed by atoms with Crippen molar-refractivity contribution in [3.05, 3.63) is 130 Å². The van der Waals surface area contributed by atoms with Crippen molar-refractivity contribution in [1.29, 1.82) is 0 Å². The maximum atomic E-state index is 12.9. The molecule has 0 heterocycles. The van der Waals surface area contributed by atoms with Gasteiger partial charge >= 0.3 is 0 Å². The summed E-state index contributed by atoms with van der Waals surface area (Å²) < 4.78 is 0. The van der Waals surface area contributed by atoms with Gasteiger partial charge in [0.1, 0.15) is 0 Å². The van der Waals surface area contributed by atoms with Crippen molar-refractivity contribution in [1.82, 2.24) is 0 Å². The van der Waals surface area contributed by atoms with Crippen molar-refractivity contribution in [3.63, 3.8) is 0 Å². The van der Waals surface area contributed by atoms with Crippen LogP contribution in [0.1, 0.15) is 43.0 Å². The van der Waals surface area contributed by atoms with Crippen LogP contribution < -0.4 is 11.5 Å². The number of carbonyl (C=O) groups excluding carboxylic acids is 2. The molecule has 31 heavy (non-hydrogen) atoms. The van der Waals surface area contributed by atoms with E-state index in [4.69, 9.17) is 11.5 Å². The minimum atomic E-state index is -0.114. The highest BCUT2D eigenvalue weighted by molar-refractivity contribution is 6.12. The SMILES string of the molecule is Nc1ccc(Cc2ccc(N)c(C(=O)c3ccccc3)c2)cc1C(=O)c1ccccc1. The Labute approximate surface area is 181 Å². The molecule has 0 aliphatic heterocycles. The zero-order chi connectivity index (χ0) is 21.8. The lowest BCUT2D eigenvalue weighted by molar-refractivity contribution is 0.103. The lowest BCUT2D eigenvalue weighted by Crippen LogP contribution is -2.07. The quantitative estimate of drug-likeness (QED) is 0.352. The van der Waals surface area contributed by atoms with Crippen LogP contribution in [0.15, 0.2) is 97.1 Å². The van der Waals surface area contributed by atoms with E-state index in [0.717, 1.165) is 11.1 Å². The molecule has 152 valence electrons. The molecule has 0 spiro atoms. The highest BCUT2D eigenvalue weighted by atomic mass is 16.1. The van der Waals surface area contributed by atoms with E-state index in [9.17, 15) is 9.59 Å². The Balaban J connectivity index is 1.63. The van der Waals surface area contributed by atoms with Crippen molar-refractivity contribution < 1.29 is 9.59 Å². The van der Waals surface area contributed by atoms with E-state index in [2.05, 4.69) is 0 Å². The summed E-state index contributed by atoms with van der Waals surface area (Å²) in [5, 5.41) is 0. The Kier molecular flexibility index (Phi) is 5.63. The Morgan fingerprint density at radius 3 is 1.32 bits per heavy atom. The predicted octanol–water partition coefficient (Wildman–Crippen LogP) is 4.90. The van der Waals surface area contributed by atoms with Crippen LogP contribution in [0.5, 0.6) is 0 Å². The number of nitrogen functional groups attached to an aromatic ring is 2. The second-order valence-corrected chi connectivity index (χ2v) is 7.41. The molecule has 0 saturated carbocycles. The molecule has 4 rings (SSSR count). The van der Waals surface area contributed by atoms with Gasteiger partial charge < -0.3 is 11.5 Å². The van der Waals surface area contributed by atoms with Crippen molar-refractivity contribution in [2.75, 3.05) is 11.5 Å². The molecule has 0 fully saturated rings. The van der Waals surface area contributed by atoms with Crippen LogP contribution in [0.25, 0.3) is 0 Å². The normalized spacial score (nSPS) is 10.6. The first-order valence-electron chi connectivity index (χ1n) is 9.99. The largest absolute Gasteiger partial charge is 0.398 e. The zero-order valence-corrected chi connectivity index (χ0v) is 16.9. The second-order valence-electron chi connectivity index (χ2n) is 7.41. The molecule has 0 bridgehead atoms. The smallest absolute Gasteiger partial charge is 0.195 e. The van der Waals surface area contributed by atoms with E-state index in [-0.39, 0.29) is 11.6 Å². The molecule has 4 aromatic carbocycles. The van der Waals surface area contributed by atoms with Crippen molar-refractivity contribution in [2.45, 2.75) is 6.42 Å². The fourth-order valence-electron chi connectivity index (χ4n) is 3.55. The average molecular weight is 406 g/mol. The summed E-state index contributed by atoms with van der Waals surface area (Å²) >= 11 is 0. The van der Waals surface area contributed by atoms with Gasteiger partial charge in [0.25, 0.3) is 0 Å². The van der Waals surface area contributed by atoms with E-state index in [1.165, 1.54) is 0 Å². The van der Waals surface area contributed by atoms with E-state index in [0.29, 0.717) is 40.0 Å². The predicted molar refractivity (Wildman–Crippen MR) is 124 cm³/mol. The fraction of sp³-hybridized carbons (Fsp3) is 0.0370. The van der Waals surface area contributed by atoms with Crippen LogP contribution >= 0.6 is 0 Å². The molecule has 4 N–H and O–H groups in total. The van der Waals surface area contributed by atoms with Crippen LogP contribution in [0.2, 0.25) is 0 Å². The molecule has 0 amide bonds. The number of benzene rings is 4. The lowest BCUT2D eigenvalue weighted by atomic mass is 9.94. The van der Waals surface area contributed by atoms with Crippen LogP contribution in [0.4, 0.5) is 11.4 Å².